The van der Waals surface area contributed by atoms with E-state index in [0.717, 1.165) is 24.0 Å². The summed E-state index contributed by atoms with van der Waals surface area (Å²) in [5.41, 5.74) is 2.84. The minimum absolute atomic E-state index is 0.0643. The van der Waals surface area contributed by atoms with Crippen LogP contribution in [0.4, 0.5) is 0 Å². The van der Waals surface area contributed by atoms with E-state index in [-0.39, 0.29) is 42.6 Å². The van der Waals surface area contributed by atoms with Crippen molar-refractivity contribution in [2.75, 3.05) is 14.2 Å². The molecule has 0 amide bonds. The largest absolute Gasteiger partial charge is 0.469 e. The average Bonchev–Trinajstić information content (AvgIpc) is 3.04. The second kappa shape index (κ2) is 8.76. The lowest BCUT2D eigenvalue weighted by atomic mass is 10.00. The summed E-state index contributed by atoms with van der Waals surface area (Å²) in [6, 6.07) is 5.38. The molecule has 2 rings (SSSR count). The average molecular weight is 347 g/mol. The first-order valence-electron chi connectivity index (χ1n) is 8.56. The monoisotopic (exact) mass is 347 g/mol. The zero-order valence-electron chi connectivity index (χ0n) is 15.0. The van der Waals surface area contributed by atoms with E-state index in [1.54, 1.807) is 6.07 Å². The van der Waals surface area contributed by atoms with Crippen molar-refractivity contribution in [1.82, 2.24) is 5.32 Å². The second-order valence-corrected chi connectivity index (χ2v) is 6.15. The highest BCUT2D eigenvalue weighted by Crippen LogP contribution is 2.32. The van der Waals surface area contributed by atoms with E-state index < -0.39 is 0 Å². The number of hydrogen-bond donors (Lipinski definition) is 1. The van der Waals surface area contributed by atoms with Crippen LogP contribution in [0.5, 0.6) is 0 Å². The summed E-state index contributed by atoms with van der Waals surface area (Å²) in [5, 5.41) is 3.35. The topological polar surface area (TPSA) is 81.7 Å². The van der Waals surface area contributed by atoms with Crippen LogP contribution in [0.25, 0.3) is 0 Å². The van der Waals surface area contributed by atoms with Crippen LogP contribution >= 0.6 is 0 Å². The van der Waals surface area contributed by atoms with Gasteiger partial charge in [-0.15, -0.1) is 0 Å². The Morgan fingerprint density at radius 3 is 2.60 bits per heavy atom. The molecular weight excluding hydrogens is 322 g/mol. The van der Waals surface area contributed by atoms with Gasteiger partial charge in [-0.1, -0.05) is 19.1 Å². The van der Waals surface area contributed by atoms with Crippen LogP contribution in [-0.2, 0) is 25.5 Å². The molecule has 1 aliphatic carbocycles. The molecule has 1 aliphatic rings. The van der Waals surface area contributed by atoms with Crippen LogP contribution in [0.1, 0.15) is 60.1 Å². The highest BCUT2D eigenvalue weighted by Gasteiger charge is 2.28. The first-order valence-corrected chi connectivity index (χ1v) is 8.56. The van der Waals surface area contributed by atoms with Crippen LogP contribution in [0, 0.1) is 0 Å². The normalized spacial score (nSPS) is 16.8. The molecule has 0 saturated carbocycles. The summed E-state index contributed by atoms with van der Waals surface area (Å²) >= 11 is 0. The molecule has 1 aromatic rings. The smallest absolute Gasteiger partial charge is 0.322 e. The molecule has 2 unspecified atom stereocenters. The number of fused-ring (bicyclic) bond motifs is 1. The molecule has 25 heavy (non-hydrogen) atoms. The number of carbonyl (C=O) groups is 3. The van der Waals surface area contributed by atoms with Crippen LogP contribution in [0.2, 0.25) is 0 Å². The highest BCUT2D eigenvalue weighted by molar-refractivity contribution is 5.97. The van der Waals surface area contributed by atoms with E-state index in [1.165, 1.54) is 14.2 Å². The van der Waals surface area contributed by atoms with Gasteiger partial charge in [0.25, 0.3) is 0 Å². The lowest BCUT2D eigenvalue weighted by molar-refractivity contribution is -0.143. The standard InChI is InChI=1S/C19H25NO5/c1-4-15(19(23)25-3)20-16-8-6-12-11-13(5-7-14(12)16)17(21)9-10-18(22)24-2/h5,7,11,15-16,20H,4,6,8-10H2,1-3H3. The number of esters is 2. The third kappa shape index (κ3) is 4.66. The molecule has 0 saturated heterocycles. The van der Waals surface area contributed by atoms with E-state index >= 15 is 0 Å². The quantitative estimate of drug-likeness (QED) is 0.574. The van der Waals surface area contributed by atoms with Crippen LogP contribution in [-0.4, -0.2) is 38.0 Å². The van der Waals surface area contributed by atoms with E-state index in [9.17, 15) is 14.4 Å². The Morgan fingerprint density at radius 1 is 1.20 bits per heavy atom. The fraction of sp³-hybridized carbons (Fsp3) is 0.526. The predicted molar refractivity (Wildman–Crippen MR) is 92.3 cm³/mol. The Morgan fingerprint density at radius 2 is 1.96 bits per heavy atom. The predicted octanol–water partition coefficient (Wildman–Crippen LogP) is 2.35. The number of methoxy groups -OCH3 is 2. The van der Waals surface area contributed by atoms with Crippen LogP contribution in [0.3, 0.4) is 0 Å². The van der Waals surface area contributed by atoms with Gasteiger partial charge in [0.15, 0.2) is 5.78 Å². The van der Waals surface area contributed by atoms with E-state index in [0.29, 0.717) is 12.0 Å². The molecule has 136 valence electrons. The van der Waals surface area contributed by atoms with E-state index in [2.05, 4.69) is 10.1 Å². The van der Waals surface area contributed by atoms with Gasteiger partial charge < -0.3 is 9.47 Å². The molecule has 1 N–H and O–H groups in total. The fourth-order valence-corrected chi connectivity index (χ4v) is 3.16. The number of rotatable bonds is 8. The zero-order valence-corrected chi connectivity index (χ0v) is 15.0. The number of aryl methyl sites for hydroxylation is 1. The number of nitrogens with one attached hydrogen (secondary N) is 1. The van der Waals surface area contributed by atoms with Crippen molar-refractivity contribution in [3.05, 3.63) is 34.9 Å². The molecule has 6 heteroatoms. The number of ether oxygens (including phenoxy) is 2. The van der Waals surface area contributed by atoms with Crippen molar-refractivity contribution in [2.24, 2.45) is 0 Å². The number of benzene rings is 1. The minimum Gasteiger partial charge on any atom is -0.469 e. The van der Waals surface area contributed by atoms with Gasteiger partial charge in [-0.25, -0.2) is 0 Å². The Balaban J connectivity index is 2.05. The minimum atomic E-state index is -0.382. The third-order valence-corrected chi connectivity index (χ3v) is 4.62. The summed E-state index contributed by atoms with van der Waals surface area (Å²) in [7, 11) is 2.70. The van der Waals surface area contributed by atoms with Gasteiger partial charge in [0, 0.05) is 18.0 Å². The fourth-order valence-electron chi connectivity index (χ4n) is 3.16. The SMILES string of the molecule is CCC(NC1CCc2cc(C(=O)CCC(=O)OC)ccc21)C(=O)OC. The van der Waals surface area contributed by atoms with Gasteiger partial charge in [0.1, 0.15) is 6.04 Å². The molecule has 0 spiro atoms. The second-order valence-electron chi connectivity index (χ2n) is 6.15. The number of Topliss-reactive ketones (excluding diaryl/α,β-unsaturated/α-hetero) is 1. The number of hydrogen-bond acceptors (Lipinski definition) is 6. The van der Waals surface area contributed by atoms with Crippen molar-refractivity contribution in [2.45, 2.75) is 51.1 Å². The number of carbonyl (C=O) groups excluding carboxylic acids is 3. The molecule has 0 bridgehead atoms. The van der Waals surface area contributed by atoms with Gasteiger partial charge in [0.05, 0.1) is 20.6 Å². The Bertz CT molecular complexity index is 655. The van der Waals surface area contributed by atoms with Gasteiger partial charge in [0.2, 0.25) is 0 Å². The maximum Gasteiger partial charge on any atom is 0.322 e. The lowest BCUT2D eigenvalue weighted by Gasteiger charge is -2.20. The van der Waals surface area contributed by atoms with Crippen LogP contribution in [0.15, 0.2) is 18.2 Å². The molecule has 0 heterocycles. The summed E-state index contributed by atoms with van der Waals surface area (Å²) in [6.07, 6.45) is 2.62. The first kappa shape index (κ1) is 19.1. The summed E-state index contributed by atoms with van der Waals surface area (Å²) in [6.45, 7) is 1.94. The molecule has 0 radical (unpaired) electrons. The van der Waals surface area contributed by atoms with Gasteiger partial charge in [-0.2, -0.15) is 0 Å². The Hall–Kier alpha value is -2.21. The van der Waals surface area contributed by atoms with Crippen molar-refractivity contribution in [3.8, 4) is 0 Å². The van der Waals surface area contributed by atoms with E-state index in [4.69, 9.17) is 4.74 Å². The van der Waals surface area contributed by atoms with Crippen molar-refractivity contribution < 1.29 is 23.9 Å². The van der Waals surface area contributed by atoms with Crippen molar-refractivity contribution >= 4 is 17.7 Å². The number of ketones is 1. The van der Waals surface area contributed by atoms with Crippen LogP contribution < -0.4 is 5.32 Å². The first-order chi connectivity index (χ1) is 12.0. The molecular formula is C19H25NO5. The highest BCUT2D eigenvalue weighted by atomic mass is 16.5. The molecule has 6 nitrogen and oxygen atoms in total. The summed E-state index contributed by atoms with van der Waals surface area (Å²) in [5.74, 6) is -0.705. The summed E-state index contributed by atoms with van der Waals surface area (Å²) in [4.78, 5) is 35.2. The molecule has 0 aliphatic heterocycles. The zero-order chi connectivity index (χ0) is 18.4. The third-order valence-electron chi connectivity index (χ3n) is 4.62. The van der Waals surface area contributed by atoms with E-state index in [1.807, 2.05) is 19.1 Å². The lowest BCUT2D eigenvalue weighted by Crippen LogP contribution is -2.38. The Kier molecular flexibility index (Phi) is 6.70. The Labute approximate surface area is 147 Å². The molecule has 0 fully saturated rings. The van der Waals surface area contributed by atoms with Gasteiger partial charge >= 0.3 is 11.9 Å². The van der Waals surface area contributed by atoms with Gasteiger partial charge in [-0.3, -0.25) is 19.7 Å². The van der Waals surface area contributed by atoms with Crippen molar-refractivity contribution in [3.63, 3.8) is 0 Å². The molecule has 0 aromatic heterocycles. The molecule has 2 atom stereocenters. The molecule has 1 aromatic carbocycles. The summed E-state index contributed by atoms with van der Waals surface area (Å²) < 4.78 is 9.39. The van der Waals surface area contributed by atoms with Gasteiger partial charge in [-0.05, 0) is 36.5 Å². The maximum absolute atomic E-state index is 12.2. The van der Waals surface area contributed by atoms with Crippen molar-refractivity contribution in [1.29, 1.82) is 0 Å². The maximum atomic E-state index is 12.2.